The summed E-state index contributed by atoms with van der Waals surface area (Å²) in [5, 5.41) is 15.4. The third kappa shape index (κ3) is 16.0. The predicted octanol–water partition coefficient (Wildman–Crippen LogP) is 12.7. The molecule has 0 saturated heterocycles. The molecule has 2 unspecified atom stereocenters. The van der Waals surface area contributed by atoms with Crippen LogP contribution in [-0.2, 0) is 36.7 Å². The summed E-state index contributed by atoms with van der Waals surface area (Å²) in [6, 6.07) is 11.0. The lowest BCUT2D eigenvalue weighted by Crippen LogP contribution is -2.48. The highest BCUT2D eigenvalue weighted by atomic mass is 19.1. The Labute approximate surface area is 423 Å². The highest BCUT2D eigenvalue weighted by Crippen LogP contribution is 2.44. The van der Waals surface area contributed by atoms with E-state index in [9.17, 15) is 28.0 Å². The fourth-order valence-corrected chi connectivity index (χ4v) is 11.8. The fourth-order valence-electron chi connectivity index (χ4n) is 11.8. The number of rotatable bonds is 11. The van der Waals surface area contributed by atoms with Crippen LogP contribution >= 0.6 is 0 Å². The summed E-state index contributed by atoms with van der Waals surface area (Å²) in [6.07, 6.45) is 13.6. The molecule has 4 aliphatic carbocycles. The van der Waals surface area contributed by atoms with Gasteiger partial charge >= 0.3 is 18.0 Å². The lowest BCUT2D eigenvalue weighted by molar-refractivity contribution is -0.155. The molecule has 2 aromatic rings. The summed E-state index contributed by atoms with van der Waals surface area (Å²) in [6.45, 7) is 22.5. The second-order valence-electron chi connectivity index (χ2n) is 24.1. The average Bonchev–Trinajstić information content (AvgIpc) is 3.85. The molecule has 0 radical (unpaired) electrons. The monoisotopic (exact) mass is 986 g/mol. The maximum Gasteiger partial charge on any atom is 0.407 e. The largest absolute Gasteiger partial charge is 0.481 e. The number of carbonyl (C=O) groups excluding carboxylic acids is 3. The van der Waals surface area contributed by atoms with Gasteiger partial charge in [0.15, 0.2) is 0 Å². The molecule has 10 nitrogen and oxygen atoms in total. The normalized spacial score (nSPS) is 23.9. The first-order valence-corrected chi connectivity index (χ1v) is 26.9. The van der Waals surface area contributed by atoms with E-state index in [1.807, 2.05) is 53.7 Å². The van der Waals surface area contributed by atoms with E-state index in [4.69, 9.17) is 14.6 Å². The summed E-state index contributed by atoms with van der Waals surface area (Å²) in [4.78, 5) is 50.2. The minimum atomic E-state index is -0.680. The van der Waals surface area contributed by atoms with E-state index in [2.05, 4.69) is 43.2 Å². The Hall–Kier alpha value is -4.58. The zero-order valence-electron chi connectivity index (χ0n) is 44.6. The first kappa shape index (κ1) is 55.7. The van der Waals surface area contributed by atoms with Crippen molar-refractivity contribution in [3.8, 4) is 0 Å². The first-order chi connectivity index (χ1) is 33.4. The molecule has 2 atom stereocenters. The highest BCUT2D eigenvalue weighted by Gasteiger charge is 2.40. The summed E-state index contributed by atoms with van der Waals surface area (Å²) >= 11 is 0. The van der Waals surface area contributed by atoms with Crippen molar-refractivity contribution in [3.05, 3.63) is 81.4 Å². The number of amides is 2. The van der Waals surface area contributed by atoms with Crippen LogP contribution < -0.4 is 10.6 Å². The molecule has 2 fully saturated rings. The van der Waals surface area contributed by atoms with Gasteiger partial charge in [0.2, 0.25) is 5.91 Å². The molecular formula is C59H85F2N3O7. The molecule has 2 saturated carbocycles. The Kier molecular flexibility index (Phi) is 19.2. The van der Waals surface area contributed by atoms with Gasteiger partial charge in [-0.05, 0) is 237 Å². The van der Waals surface area contributed by atoms with Crippen LogP contribution in [0.4, 0.5) is 13.6 Å². The molecule has 2 amide bonds. The van der Waals surface area contributed by atoms with E-state index in [0.717, 1.165) is 109 Å². The number of aliphatic carboxylic acids is 1. The second kappa shape index (κ2) is 24.4. The van der Waals surface area contributed by atoms with Gasteiger partial charge in [0.05, 0.1) is 12.0 Å². The van der Waals surface area contributed by atoms with E-state index in [1.165, 1.54) is 45.4 Å². The number of nitrogens with one attached hydrogen (secondary N) is 2. The summed E-state index contributed by atoms with van der Waals surface area (Å²) in [7, 11) is 0. The number of nitrogens with zero attached hydrogens (tertiary/aromatic N) is 1. The minimum Gasteiger partial charge on any atom is -0.481 e. The van der Waals surface area contributed by atoms with Crippen molar-refractivity contribution in [2.24, 2.45) is 35.5 Å². The van der Waals surface area contributed by atoms with E-state index >= 15 is 0 Å². The maximum absolute atomic E-state index is 13.9. The number of hydrogen-bond acceptors (Lipinski definition) is 7. The van der Waals surface area contributed by atoms with Crippen LogP contribution in [0, 0.1) is 47.1 Å². The van der Waals surface area contributed by atoms with E-state index in [1.54, 1.807) is 24.3 Å². The molecule has 8 rings (SSSR count). The Balaban J connectivity index is 0.000000192. The van der Waals surface area contributed by atoms with Crippen LogP contribution in [0.3, 0.4) is 0 Å². The number of carbonyl (C=O) groups is 4. The standard InChI is InChI=1S/C29H41FN2O3.C16H20FN.C14H24O4/c1-18(2)14-26-25-16-21-15-22(30)10-11-23(21)24(25)12-13-32(26)27(33)20-8-6-19(7-9-20)17-31-28(34)35-29(3,4)5;1-10(2)7-16-15-9-11-8-12(17)3-4-13(11)14(15)5-6-18-16;1-14(2,3)18-12(15)9-6-10-4-7-11(8-5-10)13(16)17/h10-11,15,18-20,26H,6-9,12-14,16-17H2,1-5H3,(H,31,34);3-4,8,10,16,18H,5-7,9H2,1-2H3;10-11H,4-9H2,1-3H3,(H,16,17). The molecule has 71 heavy (non-hydrogen) atoms. The third-order valence-corrected chi connectivity index (χ3v) is 15.1. The van der Waals surface area contributed by atoms with Gasteiger partial charge in [-0.1, -0.05) is 39.8 Å². The molecule has 0 bridgehead atoms. The van der Waals surface area contributed by atoms with Gasteiger partial charge in [0, 0.05) is 31.5 Å². The van der Waals surface area contributed by atoms with Crippen molar-refractivity contribution in [2.75, 3.05) is 19.6 Å². The SMILES string of the molecule is CC(C)(C)OC(=O)CCC1CCC(C(=O)O)CC1.CC(C)CC1C2=C(CCN1C(=O)C1CCC(CNC(=O)OC(C)(C)C)CC1)c1ccc(F)cc1C2.CC(C)CC1NCCC2=C1Cc1cc(F)ccc12. The quantitative estimate of drug-likeness (QED) is 0.190. The summed E-state index contributed by atoms with van der Waals surface area (Å²) < 4.78 is 37.8. The van der Waals surface area contributed by atoms with Gasteiger partial charge in [-0.2, -0.15) is 0 Å². The van der Waals surface area contributed by atoms with Crippen LogP contribution in [0.25, 0.3) is 11.1 Å². The van der Waals surface area contributed by atoms with E-state index in [0.29, 0.717) is 42.7 Å². The van der Waals surface area contributed by atoms with E-state index < -0.39 is 17.2 Å². The number of ether oxygens (including phenoxy) is 2. The van der Waals surface area contributed by atoms with Crippen LogP contribution in [0.15, 0.2) is 47.5 Å². The molecule has 3 N–H and O–H groups in total. The molecule has 0 spiro atoms. The van der Waals surface area contributed by atoms with Gasteiger partial charge in [0.1, 0.15) is 22.8 Å². The van der Waals surface area contributed by atoms with Crippen LogP contribution in [0.1, 0.15) is 181 Å². The lowest BCUT2D eigenvalue weighted by Gasteiger charge is -2.41. The minimum absolute atomic E-state index is 0.0470. The number of esters is 1. The number of hydrogen-bond donors (Lipinski definition) is 3. The first-order valence-electron chi connectivity index (χ1n) is 26.9. The maximum atomic E-state index is 13.9. The van der Waals surface area contributed by atoms with Gasteiger partial charge in [-0.3, -0.25) is 14.4 Å². The van der Waals surface area contributed by atoms with E-state index in [-0.39, 0.29) is 47.5 Å². The predicted molar refractivity (Wildman–Crippen MR) is 277 cm³/mol. The van der Waals surface area contributed by atoms with Crippen molar-refractivity contribution in [3.63, 3.8) is 0 Å². The average molecular weight is 986 g/mol. The number of halogens is 2. The third-order valence-electron chi connectivity index (χ3n) is 15.1. The molecular weight excluding hydrogens is 901 g/mol. The second-order valence-corrected chi connectivity index (χ2v) is 24.1. The highest BCUT2D eigenvalue weighted by molar-refractivity contribution is 5.84. The number of alkyl carbamates (subject to hydrolysis) is 1. The molecule has 6 aliphatic rings. The Morgan fingerprint density at radius 1 is 0.718 bits per heavy atom. The van der Waals surface area contributed by atoms with Gasteiger partial charge in [-0.15, -0.1) is 0 Å². The zero-order chi connectivity index (χ0) is 51.8. The lowest BCUT2D eigenvalue weighted by atomic mass is 9.80. The van der Waals surface area contributed by atoms with Crippen molar-refractivity contribution >= 4 is 35.1 Å². The number of fused-ring (bicyclic) bond motifs is 4. The molecule has 2 heterocycles. The van der Waals surface area contributed by atoms with Crippen molar-refractivity contribution in [2.45, 2.75) is 195 Å². The van der Waals surface area contributed by atoms with Gasteiger partial charge in [0.25, 0.3) is 0 Å². The summed E-state index contributed by atoms with van der Waals surface area (Å²) in [5.74, 6) is 1.05. The summed E-state index contributed by atoms with van der Waals surface area (Å²) in [5.41, 5.74) is 9.46. The molecule has 2 aliphatic heterocycles. The number of carboxylic acids is 1. The topological polar surface area (TPSA) is 134 Å². The fraction of sp³-hybridized carbons (Fsp3) is 0.661. The van der Waals surface area contributed by atoms with Crippen molar-refractivity contribution in [1.29, 1.82) is 0 Å². The Morgan fingerprint density at radius 2 is 1.25 bits per heavy atom. The van der Waals surface area contributed by atoms with Gasteiger partial charge in [-0.25, -0.2) is 13.6 Å². The number of benzene rings is 2. The zero-order valence-corrected chi connectivity index (χ0v) is 44.6. The molecule has 0 aromatic heterocycles. The Bertz CT molecular complexity index is 2260. The van der Waals surface area contributed by atoms with Crippen molar-refractivity contribution in [1.82, 2.24) is 15.5 Å². The van der Waals surface area contributed by atoms with Gasteiger partial charge < -0.3 is 30.1 Å². The Morgan fingerprint density at radius 3 is 1.80 bits per heavy atom. The van der Waals surface area contributed by atoms with Crippen LogP contribution in [0.5, 0.6) is 0 Å². The van der Waals surface area contributed by atoms with Crippen LogP contribution in [0.2, 0.25) is 0 Å². The molecule has 12 heteroatoms. The van der Waals surface area contributed by atoms with Crippen LogP contribution in [-0.4, -0.2) is 76.9 Å². The molecule has 2 aromatic carbocycles. The molecule has 392 valence electrons. The van der Waals surface area contributed by atoms with Crippen molar-refractivity contribution < 1.29 is 42.5 Å². The smallest absolute Gasteiger partial charge is 0.407 e. The number of carboxylic acid groups (broad SMARTS) is 1.